The number of benzene rings is 1. The molecule has 0 spiro atoms. The molecule has 2 N–H and O–H groups in total. The van der Waals surface area contributed by atoms with Crippen LogP contribution in [0.4, 0.5) is 4.79 Å². The van der Waals surface area contributed by atoms with Gasteiger partial charge in [-0.2, -0.15) is 0 Å². The van der Waals surface area contributed by atoms with E-state index in [0.29, 0.717) is 19.5 Å². The van der Waals surface area contributed by atoms with Gasteiger partial charge in [0.2, 0.25) is 0 Å². The smallest absolute Gasteiger partial charge is 0.317 e. The maximum Gasteiger partial charge on any atom is 0.317 e. The number of aliphatic hydroxyl groups excluding tert-OH is 1. The van der Waals surface area contributed by atoms with Crippen LogP contribution in [0.25, 0.3) is 0 Å². The van der Waals surface area contributed by atoms with Gasteiger partial charge in [0.15, 0.2) is 0 Å². The molecule has 1 aromatic carbocycles. The fourth-order valence-electron chi connectivity index (χ4n) is 1.79. The van der Waals surface area contributed by atoms with Gasteiger partial charge in [0.05, 0.1) is 6.10 Å². The molecule has 0 fully saturated rings. The molecule has 1 atom stereocenters. The van der Waals surface area contributed by atoms with Crippen molar-refractivity contribution in [1.29, 1.82) is 0 Å². The number of carbonyl (C=O) groups is 1. The van der Waals surface area contributed by atoms with Gasteiger partial charge in [-0.3, -0.25) is 0 Å². The molecule has 0 saturated carbocycles. The van der Waals surface area contributed by atoms with Gasteiger partial charge < -0.3 is 15.3 Å². The first-order valence-corrected chi connectivity index (χ1v) is 6.42. The first-order chi connectivity index (χ1) is 8.67. The molecule has 1 rings (SSSR count). The first kappa shape index (κ1) is 14.5. The third kappa shape index (κ3) is 4.75. The molecule has 4 nitrogen and oxygen atoms in total. The normalized spacial score (nSPS) is 11.9. The highest BCUT2D eigenvalue weighted by molar-refractivity contribution is 5.74. The molecular weight excluding hydrogens is 228 g/mol. The Kier molecular flexibility index (Phi) is 6.22. The standard InChI is InChI=1S/C14H22N2O2/c1-3-16(4-2)14(18)15-11-13(17)10-12-8-6-5-7-9-12/h5-9,13,17H,3-4,10-11H2,1-2H3,(H,15,18). The average molecular weight is 250 g/mol. The van der Waals surface area contributed by atoms with Crippen molar-refractivity contribution >= 4 is 6.03 Å². The van der Waals surface area contributed by atoms with E-state index in [0.717, 1.165) is 5.56 Å². The Morgan fingerprint density at radius 1 is 1.28 bits per heavy atom. The van der Waals surface area contributed by atoms with E-state index in [1.165, 1.54) is 0 Å². The molecule has 18 heavy (non-hydrogen) atoms. The summed E-state index contributed by atoms with van der Waals surface area (Å²) < 4.78 is 0. The molecular formula is C14H22N2O2. The van der Waals surface area contributed by atoms with Crippen molar-refractivity contribution in [3.05, 3.63) is 35.9 Å². The quantitative estimate of drug-likeness (QED) is 0.806. The van der Waals surface area contributed by atoms with E-state index in [1.807, 2.05) is 44.2 Å². The SMILES string of the molecule is CCN(CC)C(=O)NCC(O)Cc1ccccc1. The number of carbonyl (C=O) groups excluding carboxylic acids is 1. The maximum absolute atomic E-state index is 11.7. The zero-order chi connectivity index (χ0) is 13.4. The van der Waals surface area contributed by atoms with Crippen molar-refractivity contribution < 1.29 is 9.90 Å². The lowest BCUT2D eigenvalue weighted by molar-refractivity contribution is 0.161. The third-order valence-electron chi connectivity index (χ3n) is 2.85. The first-order valence-electron chi connectivity index (χ1n) is 6.42. The minimum atomic E-state index is -0.549. The van der Waals surface area contributed by atoms with Crippen LogP contribution in [0.1, 0.15) is 19.4 Å². The molecule has 100 valence electrons. The van der Waals surface area contributed by atoms with Gasteiger partial charge >= 0.3 is 6.03 Å². The van der Waals surface area contributed by atoms with E-state index < -0.39 is 6.10 Å². The Morgan fingerprint density at radius 2 is 1.89 bits per heavy atom. The zero-order valence-electron chi connectivity index (χ0n) is 11.1. The number of amides is 2. The average Bonchev–Trinajstić information content (AvgIpc) is 2.39. The van der Waals surface area contributed by atoms with Crippen LogP contribution in [0.5, 0.6) is 0 Å². The van der Waals surface area contributed by atoms with E-state index in [-0.39, 0.29) is 12.6 Å². The van der Waals surface area contributed by atoms with Gasteiger partial charge in [0.1, 0.15) is 0 Å². The lowest BCUT2D eigenvalue weighted by Gasteiger charge is -2.20. The fourth-order valence-corrected chi connectivity index (χ4v) is 1.79. The molecule has 0 aliphatic rings. The van der Waals surface area contributed by atoms with Crippen LogP contribution in [-0.2, 0) is 6.42 Å². The van der Waals surface area contributed by atoms with E-state index in [4.69, 9.17) is 0 Å². The van der Waals surface area contributed by atoms with Crippen molar-refractivity contribution in [2.75, 3.05) is 19.6 Å². The minimum absolute atomic E-state index is 0.118. The van der Waals surface area contributed by atoms with Crippen molar-refractivity contribution in [2.24, 2.45) is 0 Å². The highest BCUT2D eigenvalue weighted by Gasteiger charge is 2.11. The minimum Gasteiger partial charge on any atom is -0.391 e. The largest absolute Gasteiger partial charge is 0.391 e. The van der Waals surface area contributed by atoms with Crippen LogP contribution in [0.3, 0.4) is 0 Å². The van der Waals surface area contributed by atoms with Gasteiger partial charge in [-0.25, -0.2) is 4.79 Å². The number of nitrogens with one attached hydrogen (secondary N) is 1. The third-order valence-corrected chi connectivity index (χ3v) is 2.85. The molecule has 0 aromatic heterocycles. The Bertz CT molecular complexity index is 350. The molecule has 4 heteroatoms. The van der Waals surface area contributed by atoms with Gasteiger partial charge in [0.25, 0.3) is 0 Å². The summed E-state index contributed by atoms with van der Waals surface area (Å²) in [5.74, 6) is 0. The second-order valence-corrected chi connectivity index (χ2v) is 4.20. The summed E-state index contributed by atoms with van der Waals surface area (Å²) in [6.45, 7) is 5.51. The number of hydrogen-bond acceptors (Lipinski definition) is 2. The second-order valence-electron chi connectivity index (χ2n) is 4.20. The predicted octanol–water partition coefficient (Wildman–Crippen LogP) is 1.64. The van der Waals surface area contributed by atoms with Gasteiger partial charge in [-0.05, 0) is 19.4 Å². The Morgan fingerprint density at radius 3 is 2.44 bits per heavy atom. The van der Waals surface area contributed by atoms with Crippen LogP contribution < -0.4 is 5.32 Å². The lowest BCUT2D eigenvalue weighted by atomic mass is 10.1. The summed E-state index contributed by atoms with van der Waals surface area (Å²) in [6.07, 6.45) is 0.00578. The molecule has 0 saturated heterocycles. The number of aliphatic hydroxyl groups is 1. The predicted molar refractivity (Wildman–Crippen MR) is 72.5 cm³/mol. The van der Waals surface area contributed by atoms with E-state index in [9.17, 15) is 9.90 Å². The van der Waals surface area contributed by atoms with Gasteiger partial charge in [-0.1, -0.05) is 30.3 Å². The van der Waals surface area contributed by atoms with Crippen molar-refractivity contribution in [3.63, 3.8) is 0 Å². The summed E-state index contributed by atoms with van der Waals surface area (Å²) >= 11 is 0. The van der Waals surface area contributed by atoms with E-state index >= 15 is 0 Å². The lowest BCUT2D eigenvalue weighted by Crippen LogP contribution is -2.43. The molecule has 0 bridgehead atoms. The van der Waals surface area contributed by atoms with E-state index in [2.05, 4.69) is 5.32 Å². The summed E-state index contributed by atoms with van der Waals surface area (Å²) in [5, 5.41) is 12.6. The van der Waals surface area contributed by atoms with Crippen LogP contribution in [0, 0.1) is 0 Å². The molecule has 1 aromatic rings. The summed E-state index contributed by atoms with van der Waals surface area (Å²) in [4.78, 5) is 13.4. The van der Waals surface area contributed by atoms with Gasteiger partial charge in [-0.15, -0.1) is 0 Å². The Balaban J connectivity index is 2.33. The summed E-state index contributed by atoms with van der Waals surface area (Å²) in [6, 6.07) is 9.64. The molecule has 1 unspecified atom stereocenters. The number of nitrogens with zero attached hydrogens (tertiary/aromatic N) is 1. The van der Waals surface area contributed by atoms with Crippen LogP contribution in [0.2, 0.25) is 0 Å². The summed E-state index contributed by atoms with van der Waals surface area (Å²) in [5.41, 5.74) is 1.07. The van der Waals surface area contributed by atoms with Crippen LogP contribution in [0.15, 0.2) is 30.3 Å². The van der Waals surface area contributed by atoms with Gasteiger partial charge in [0, 0.05) is 26.1 Å². The highest BCUT2D eigenvalue weighted by Crippen LogP contribution is 2.02. The van der Waals surface area contributed by atoms with E-state index in [1.54, 1.807) is 4.90 Å². The molecule has 2 amide bonds. The highest BCUT2D eigenvalue weighted by atomic mass is 16.3. The summed E-state index contributed by atoms with van der Waals surface area (Å²) in [7, 11) is 0. The fraction of sp³-hybridized carbons (Fsp3) is 0.500. The Hall–Kier alpha value is -1.55. The topological polar surface area (TPSA) is 52.6 Å². The van der Waals surface area contributed by atoms with Crippen molar-refractivity contribution in [2.45, 2.75) is 26.4 Å². The van der Waals surface area contributed by atoms with Crippen molar-refractivity contribution in [3.8, 4) is 0 Å². The number of urea groups is 1. The number of hydrogen-bond donors (Lipinski definition) is 2. The number of rotatable bonds is 6. The second kappa shape index (κ2) is 7.71. The molecule has 0 aliphatic carbocycles. The zero-order valence-corrected chi connectivity index (χ0v) is 11.1. The van der Waals surface area contributed by atoms with Crippen molar-refractivity contribution in [1.82, 2.24) is 10.2 Å². The van der Waals surface area contributed by atoms with Crippen LogP contribution >= 0.6 is 0 Å². The molecule has 0 heterocycles. The monoisotopic (exact) mass is 250 g/mol. The molecule has 0 radical (unpaired) electrons. The maximum atomic E-state index is 11.7. The Labute approximate surface area is 109 Å². The van der Waals surface area contributed by atoms with Crippen LogP contribution in [-0.4, -0.2) is 41.8 Å². The molecule has 0 aliphatic heterocycles.